The first-order valence-corrected chi connectivity index (χ1v) is 7.97. The van der Waals surface area contributed by atoms with Gasteiger partial charge in [0.1, 0.15) is 0 Å². The van der Waals surface area contributed by atoms with E-state index in [0.717, 1.165) is 11.3 Å². The summed E-state index contributed by atoms with van der Waals surface area (Å²) in [6.45, 7) is 3.56. The van der Waals surface area contributed by atoms with Crippen molar-refractivity contribution in [2.45, 2.75) is 58.3 Å². The lowest BCUT2D eigenvalue weighted by Crippen LogP contribution is -2.46. The summed E-state index contributed by atoms with van der Waals surface area (Å²) in [6.07, 6.45) is -3.23. The molecule has 5 nitrogen and oxygen atoms in total. The van der Waals surface area contributed by atoms with Crippen molar-refractivity contribution in [3.05, 3.63) is 33.2 Å². The molecule has 1 aromatic rings. The maximum Gasteiger partial charge on any atom is 0.391 e. The molecule has 0 bridgehead atoms. The average Bonchev–Trinajstić information content (AvgIpc) is 2.45. The maximum absolute atomic E-state index is 12.8. The molecule has 0 unspecified atom stereocenters. The molecule has 2 amide bonds. The van der Waals surface area contributed by atoms with E-state index >= 15 is 0 Å². The molecular weight excluding hydrogens is 323 g/mol. The average molecular weight is 345 g/mol. The van der Waals surface area contributed by atoms with Gasteiger partial charge in [-0.3, -0.25) is 4.79 Å². The zero-order valence-electron chi connectivity index (χ0n) is 13.7. The molecule has 0 aliphatic heterocycles. The number of pyridine rings is 1. The van der Waals surface area contributed by atoms with Crippen LogP contribution in [-0.2, 0) is 6.54 Å². The van der Waals surface area contributed by atoms with Gasteiger partial charge >= 0.3 is 12.2 Å². The first kappa shape index (κ1) is 18.4. The van der Waals surface area contributed by atoms with Crippen molar-refractivity contribution < 1.29 is 18.0 Å². The number of hydrogen-bond donors (Lipinski definition) is 3. The highest BCUT2D eigenvalue weighted by Crippen LogP contribution is 2.37. The Kier molecular flexibility index (Phi) is 5.56. The van der Waals surface area contributed by atoms with E-state index in [-0.39, 0.29) is 24.9 Å². The summed E-state index contributed by atoms with van der Waals surface area (Å²) in [4.78, 5) is 26.4. The summed E-state index contributed by atoms with van der Waals surface area (Å²) in [7, 11) is 0. The number of carbonyl (C=O) groups is 1. The predicted octanol–water partition coefficient (Wildman–Crippen LogP) is 2.91. The van der Waals surface area contributed by atoms with Crippen LogP contribution in [0.5, 0.6) is 0 Å². The number of amides is 2. The Morgan fingerprint density at radius 2 is 2.04 bits per heavy atom. The van der Waals surface area contributed by atoms with Gasteiger partial charge in [-0.2, -0.15) is 13.2 Å². The Morgan fingerprint density at radius 3 is 2.67 bits per heavy atom. The molecule has 3 N–H and O–H groups in total. The minimum Gasteiger partial charge on any atom is -0.335 e. The molecule has 0 radical (unpaired) electrons. The van der Waals surface area contributed by atoms with Gasteiger partial charge in [-0.15, -0.1) is 0 Å². The first-order valence-electron chi connectivity index (χ1n) is 7.97. The van der Waals surface area contributed by atoms with E-state index in [0.29, 0.717) is 18.4 Å². The smallest absolute Gasteiger partial charge is 0.335 e. The Hall–Kier alpha value is -1.99. The summed E-state index contributed by atoms with van der Waals surface area (Å²) < 4.78 is 38.3. The van der Waals surface area contributed by atoms with Crippen molar-refractivity contribution in [1.29, 1.82) is 0 Å². The lowest BCUT2D eigenvalue weighted by Gasteiger charge is -2.31. The minimum atomic E-state index is -4.22. The van der Waals surface area contributed by atoms with Crippen LogP contribution in [0, 0.1) is 19.8 Å². The fourth-order valence-electron chi connectivity index (χ4n) is 3.12. The van der Waals surface area contributed by atoms with Crippen molar-refractivity contribution >= 4 is 6.03 Å². The van der Waals surface area contributed by atoms with Gasteiger partial charge in [0.15, 0.2) is 0 Å². The quantitative estimate of drug-likeness (QED) is 0.788. The van der Waals surface area contributed by atoms with Crippen LogP contribution >= 0.6 is 0 Å². The summed E-state index contributed by atoms with van der Waals surface area (Å²) >= 11 is 0. The number of halogens is 3. The molecule has 1 aromatic heterocycles. The van der Waals surface area contributed by atoms with Crippen molar-refractivity contribution in [3.63, 3.8) is 0 Å². The molecule has 1 saturated carbocycles. The van der Waals surface area contributed by atoms with Crippen LogP contribution in [0.25, 0.3) is 0 Å². The van der Waals surface area contributed by atoms with Gasteiger partial charge in [0, 0.05) is 17.3 Å². The van der Waals surface area contributed by atoms with E-state index in [4.69, 9.17) is 0 Å². The minimum absolute atomic E-state index is 0.0305. The second-order valence-electron chi connectivity index (χ2n) is 6.37. The Labute approximate surface area is 138 Å². The van der Waals surface area contributed by atoms with Crippen molar-refractivity contribution in [2.24, 2.45) is 5.92 Å². The number of aryl methyl sites for hydroxylation is 2. The zero-order valence-corrected chi connectivity index (χ0v) is 13.7. The number of nitrogens with one attached hydrogen (secondary N) is 3. The first-order chi connectivity index (χ1) is 11.2. The molecule has 2 atom stereocenters. The van der Waals surface area contributed by atoms with Gasteiger partial charge in [-0.05, 0) is 44.7 Å². The summed E-state index contributed by atoms with van der Waals surface area (Å²) in [5.41, 5.74) is 1.65. The number of carbonyl (C=O) groups excluding carboxylic acids is 1. The summed E-state index contributed by atoms with van der Waals surface area (Å²) in [5, 5.41) is 5.13. The van der Waals surface area contributed by atoms with E-state index in [1.54, 1.807) is 19.9 Å². The number of H-pyrrole nitrogens is 1. The van der Waals surface area contributed by atoms with Crippen LogP contribution in [0.1, 0.15) is 42.5 Å². The molecule has 134 valence electrons. The molecule has 1 aliphatic rings. The van der Waals surface area contributed by atoms with E-state index in [1.807, 2.05) is 0 Å². The summed E-state index contributed by atoms with van der Waals surface area (Å²) in [5.74, 6) is -1.36. The van der Waals surface area contributed by atoms with Crippen LogP contribution in [-0.4, -0.2) is 23.2 Å². The number of aromatic amines is 1. The van der Waals surface area contributed by atoms with Crippen LogP contribution in [0.3, 0.4) is 0 Å². The fraction of sp³-hybridized carbons (Fsp3) is 0.625. The zero-order chi connectivity index (χ0) is 17.9. The Bertz CT molecular complexity index is 655. The van der Waals surface area contributed by atoms with Crippen molar-refractivity contribution in [3.8, 4) is 0 Å². The molecule has 2 rings (SSSR count). The molecule has 8 heteroatoms. The topological polar surface area (TPSA) is 74.0 Å². The molecule has 0 saturated heterocycles. The van der Waals surface area contributed by atoms with Crippen LogP contribution < -0.4 is 16.2 Å². The molecule has 0 aromatic carbocycles. The van der Waals surface area contributed by atoms with Gasteiger partial charge in [-0.1, -0.05) is 6.42 Å². The van der Waals surface area contributed by atoms with Crippen LogP contribution in [0.4, 0.5) is 18.0 Å². The highest BCUT2D eigenvalue weighted by atomic mass is 19.4. The van der Waals surface area contributed by atoms with Gasteiger partial charge in [0.25, 0.3) is 5.56 Å². The highest BCUT2D eigenvalue weighted by Gasteiger charge is 2.42. The van der Waals surface area contributed by atoms with E-state index < -0.39 is 24.2 Å². The Balaban J connectivity index is 1.89. The SMILES string of the molecule is Cc1cc(C)c(CNC(=O)N[C@H]2CCC[C@@H](C(F)(F)F)C2)c(=O)[nH]1. The van der Waals surface area contributed by atoms with Crippen LogP contribution in [0.2, 0.25) is 0 Å². The molecule has 0 spiro atoms. The number of aromatic nitrogens is 1. The third kappa shape index (κ3) is 4.75. The van der Waals surface area contributed by atoms with Crippen molar-refractivity contribution in [2.75, 3.05) is 0 Å². The van der Waals surface area contributed by atoms with Gasteiger partial charge in [0.05, 0.1) is 12.5 Å². The van der Waals surface area contributed by atoms with E-state index in [9.17, 15) is 22.8 Å². The lowest BCUT2D eigenvalue weighted by atomic mass is 9.85. The number of alkyl halides is 3. The van der Waals surface area contributed by atoms with Gasteiger partial charge in [-0.25, -0.2) is 4.79 Å². The van der Waals surface area contributed by atoms with Crippen LogP contribution in [0.15, 0.2) is 10.9 Å². The predicted molar refractivity (Wildman–Crippen MR) is 83.7 cm³/mol. The molecular formula is C16H22F3N3O2. The molecule has 24 heavy (non-hydrogen) atoms. The Morgan fingerprint density at radius 1 is 1.33 bits per heavy atom. The standard InChI is InChI=1S/C16H22F3N3O2/c1-9-6-10(2)21-14(23)13(9)8-20-15(24)22-12-5-3-4-11(7-12)16(17,18)19/h6,11-12H,3-5,7-8H2,1-2H3,(H,21,23)(H2,20,22,24)/t11-,12+/m1/s1. The maximum atomic E-state index is 12.8. The number of rotatable bonds is 3. The second kappa shape index (κ2) is 7.27. The molecule has 1 heterocycles. The fourth-order valence-corrected chi connectivity index (χ4v) is 3.12. The second-order valence-corrected chi connectivity index (χ2v) is 6.37. The third-order valence-electron chi connectivity index (χ3n) is 4.39. The number of hydrogen-bond acceptors (Lipinski definition) is 2. The van der Waals surface area contributed by atoms with Gasteiger partial charge in [0.2, 0.25) is 0 Å². The lowest BCUT2D eigenvalue weighted by molar-refractivity contribution is -0.183. The monoisotopic (exact) mass is 345 g/mol. The van der Waals surface area contributed by atoms with Crippen molar-refractivity contribution in [1.82, 2.24) is 15.6 Å². The van der Waals surface area contributed by atoms with E-state index in [1.165, 1.54) is 0 Å². The normalized spacial score (nSPS) is 21.4. The highest BCUT2D eigenvalue weighted by molar-refractivity contribution is 5.74. The van der Waals surface area contributed by atoms with Gasteiger partial charge < -0.3 is 15.6 Å². The third-order valence-corrected chi connectivity index (χ3v) is 4.39. The number of urea groups is 1. The molecule has 1 fully saturated rings. The largest absolute Gasteiger partial charge is 0.391 e. The van der Waals surface area contributed by atoms with E-state index in [2.05, 4.69) is 15.6 Å². The molecule has 1 aliphatic carbocycles. The summed E-state index contributed by atoms with van der Waals surface area (Å²) in [6, 6.07) is 0.746.